The second-order valence-corrected chi connectivity index (χ2v) is 1.93. The van der Waals surface area contributed by atoms with Gasteiger partial charge < -0.3 is 0 Å². The number of hydrogen-bond donors (Lipinski definition) is 0. The van der Waals surface area contributed by atoms with Crippen molar-refractivity contribution in [2.45, 2.75) is 0 Å². The molecule has 5 heavy (non-hydrogen) atoms. The zero-order chi connectivity index (χ0) is 3.54. The van der Waals surface area contributed by atoms with Crippen molar-refractivity contribution in [3.8, 4) is 0 Å². The van der Waals surface area contributed by atoms with Crippen LogP contribution in [0.4, 0.5) is 0 Å². The van der Waals surface area contributed by atoms with E-state index in [0.29, 0.717) is 0 Å². The summed E-state index contributed by atoms with van der Waals surface area (Å²) in [7, 11) is 0. The van der Waals surface area contributed by atoms with Gasteiger partial charge in [-0.15, -0.1) is 0 Å². The van der Waals surface area contributed by atoms with Gasteiger partial charge >= 0.3 is 36.4 Å². The third kappa shape index (κ3) is 0.586. The van der Waals surface area contributed by atoms with Gasteiger partial charge in [0.15, 0.2) is 0 Å². The first-order valence-electron chi connectivity index (χ1n) is 1.21. The summed E-state index contributed by atoms with van der Waals surface area (Å²) in [6.07, 6.45) is 3.14. The Morgan fingerprint density at radius 1 is 1.20 bits per heavy atom. The molecule has 0 fully saturated rings. The Kier molecular flexibility index (Phi) is 0.847. The molecule has 1 aliphatic heterocycles. The second kappa shape index (κ2) is 1.36. The van der Waals surface area contributed by atoms with Gasteiger partial charge in [0.05, 0.1) is 0 Å². The summed E-state index contributed by atoms with van der Waals surface area (Å²) in [5, 5.41) is 0. The van der Waals surface area contributed by atoms with Gasteiger partial charge in [-0.1, -0.05) is 0 Å². The molecule has 0 saturated carbocycles. The molecule has 0 spiro atoms. The third-order valence-corrected chi connectivity index (χ3v) is 1.26. The van der Waals surface area contributed by atoms with E-state index in [-0.39, 0.29) is 0 Å². The van der Waals surface area contributed by atoms with Crippen molar-refractivity contribution in [2.24, 2.45) is 0 Å². The Labute approximate surface area is 37.2 Å². The molecule has 0 radical (unpaired) electrons. The molecule has 1 heterocycles. The molecule has 0 saturated heterocycles. The molecule has 0 unspecified atom stereocenters. The molecule has 0 aromatic heterocycles. The van der Waals surface area contributed by atoms with E-state index in [9.17, 15) is 0 Å². The fourth-order valence-corrected chi connectivity index (χ4v) is 0.722. The van der Waals surface area contributed by atoms with E-state index in [4.69, 9.17) is 0 Å². The van der Waals surface area contributed by atoms with Crippen molar-refractivity contribution < 1.29 is 7.45 Å². The predicted octanol–water partition coefficient (Wildman–Crippen LogP) is -0.229. The van der Waals surface area contributed by atoms with Gasteiger partial charge in [0, 0.05) is 0 Å². The standard InChI is InChI=1S/C2H3AsO2/c1-2-5-3-4-1/h1-3H. The molecule has 0 bridgehead atoms. The van der Waals surface area contributed by atoms with Gasteiger partial charge in [0.2, 0.25) is 0 Å². The Morgan fingerprint density at radius 3 is 2.00 bits per heavy atom. The van der Waals surface area contributed by atoms with Crippen LogP contribution in [0.15, 0.2) is 12.5 Å². The van der Waals surface area contributed by atoms with Crippen LogP contribution in [0.2, 0.25) is 0 Å². The fourth-order valence-electron chi connectivity index (χ4n) is 0.139. The van der Waals surface area contributed by atoms with E-state index in [1.165, 1.54) is 0 Å². The van der Waals surface area contributed by atoms with Crippen LogP contribution < -0.4 is 0 Å². The van der Waals surface area contributed by atoms with Crippen molar-refractivity contribution in [1.29, 1.82) is 0 Å². The van der Waals surface area contributed by atoms with Gasteiger partial charge in [-0.2, -0.15) is 0 Å². The Balaban J connectivity index is 2.32. The zero-order valence-electron chi connectivity index (χ0n) is 2.47. The summed E-state index contributed by atoms with van der Waals surface area (Å²) in [6, 6.07) is 0. The Morgan fingerprint density at radius 2 is 1.80 bits per heavy atom. The normalized spacial score (nSPS) is 17.6. The molecule has 0 aromatic rings. The van der Waals surface area contributed by atoms with Crippen LogP contribution in [-0.2, 0) is 7.45 Å². The van der Waals surface area contributed by atoms with Gasteiger partial charge in [-0.05, 0) is 0 Å². The van der Waals surface area contributed by atoms with Crippen LogP contribution >= 0.6 is 0 Å². The molecule has 1 aliphatic rings. The first kappa shape index (κ1) is 3.10. The van der Waals surface area contributed by atoms with E-state index in [2.05, 4.69) is 7.45 Å². The molecule has 0 N–H and O–H groups in total. The van der Waals surface area contributed by atoms with Crippen molar-refractivity contribution in [3.63, 3.8) is 0 Å². The van der Waals surface area contributed by atoms with Crippen LogP contribution in [0.3, 0.4) is 0 Å². The van der Waals surface area contributed by atoms with Crippen LogP contribution in [0.1, 0.15) is 0 Å². The molecule has 0 aromatic carbocycles. The van der Waals surface area contributed by atoms with E-state index in [0.717, 1.165) is 0 Å². The quantitative estimate of drug-likeness (QED) is 0.426. The van der Waals surface area contributed by atoms with E-state index in [1.54, 1.807) is 12.5 Å². The van der Waals surface area contributed by atoms with Crippen molar-refractivity contribution in [2.75, 3.05) is 0 Å². The minimum absolute atomic E-state index is 0.472. The summed E-state index contributed by atoms with van der Waals surface area (Å²) >= 11 is -0.472. The van der Waals surface area contributed by atoms with Crippen LogP contribution in [0.5, 0.6) is 0 Å². The molecular formula is C2H3AsO2. The molecule has 3 heteroatoms. The van der Waals surface area contributed by atoms with Crippen molar-refractivity contribution in [1.82, 2.24) is 0 Å². The molecule has 0 aliphatic carbocycles. The summed E-state index contributed by atoms with van der Waals surface area (Å²) < 4.78 is 9.33. The monoisotopic (exact) mass is 134 g/mol. The van der Waals surface area contributed by atoms with Crippen LogP contribution in [0.25, 0.3) is 0 Å². The van der Waals surface area contributed by atoms with Crippen molar-refractivity contribution in [3.05, 3.63) is 12.5 Å². The molecule has 0 amide bonds. The van der Waals surface area contributed by atoms with E-state index in [1.807, 2.05) is 0 Å². The molecule has 28 valence electrons. The first-order valence-corrected chi connectivity index (χ1v) is 2.93. The zero-order valence-corrected chi connectivity index (χ0v) is 4.57. The van der Waals surface area contributed by atoms with Gasteiger partial charge in [0.1, 0.15) is 0 Å². The van der Waals surface area contributed by atoms with Crippen molar-refractivity contribution >= 4 is 16.4 Å². The van der Waals surface area contributed by atoms with Crippen LogP contribution in [-0.4, -0.2) is 16.4 Å². The summed E-state index contributed by atoms with van der Waals surface area (Å²) in [5.74, 6) is 0. The second-order valence-electron chi connectivity index (χ2n) is 0.591. The topological polar surface area (TPSA) is 18.5 Å². The third-order valence-electron chi connectivity index (χ3n) is 0.288. The van der Waals surface area contributed by atoms with Gasteiger partial charge in [0.25, 0.3) is 0 Å². The maximum atomic E-state index is 4.67. The average Bonchev–Trinajstić information content (AvgIpc) is 1.76. The molecule has 2 nitrogen and oxygen atoms in total. The minimum atomic E-state index is -0.472. The summed E-state index contributed by atoms with van der Waals surface area (Å²) in [4.78, 5) is 0. The Hall–Kier alpha value is -0.102. The Bertz CT molecular complexity index is 45.6. The maximum absolute atomic E-state index is 4.67. The average molecular weight is 134 g/mol. The fraction of sp³-hybridized carbons (Fsp3) is 0. The van der Waals surface area contributed by atoms with Gasteiger partial charge in [-0.3, -0.25) is 0 Å². The van der Waals surface area contributed by atoms with E-state index < -0.39 is 16.4 Å². The van der Waals surface area contributed by atoms with Crippen LogP contribution in [0, 0.1) is 0 Å². The number of rotatable bonds is 0. The summed E-state index contributed by atoms with van der Waals surface area (Å²) in [6.45, 7) is 0. The van der Waals surface area contributed by atoms with E-state index >= 15 is 0 Å². The predicted molar refractivity (Wildman–Crippen MR) is 18.5 cm³/mol. The summed E-state index contributed by atoms with van der Waals surface area (Å²) in [5.41, 5.74) is 0. The van der Waals surface area contributed by atoms with Gasteiger partial charge in [-0.25, -0.2) is 0 Å². The SMILES string of the molecule is C1=CO[AsH]O1. The molecular weight excluding hydrogens is 131 g/mol. The number of hydrogen-bond acceptors (Lipinski definition) is 2. The molecule has 1 rings (SSSR count). The first-order chi connectivity index (χ1) is 2.50. The molecule has 0 atom stereocenters.